The third kappa shape index (κ3) is 2.36. The monoisotopic (exact) mass is 247 g/mol. The van der Waals surface area contributed by atoms with Crippen LogP contribution in [0.4, 0.5) is 9.18 Å². The Morgan fingerprint density at radius 2 is 2.25 bits per heavy atom. The fourth-order valence-electron chi connectivity index (χ4n) is 1.57. The van der Waals surface area contributed by atoms with E-state index in [9.17, 15) is 14.3 Å². The number of phenolic OH excluding ortho intramolecular Hbond substituents is 1. The highest BCUT2D eigenvalue weighted by molar-refractivity contribution is 5.85. The fraction of sp³-hybridized carbons (Fsp3) is 0.300. The summed E-state index contributed by atoms with van der Waals surface area (Å²) in [6, 6.07) is 3.85. The molecule has 1 fully saturated rings. The van der Waals surface area contributed by atoms with Gasteiger partial charge < -0.3 is 15.2 Å². The third-order valence-electron chi connectivity index (χ3n) is 2.33. The Kier molecular flexibility index (Phi) is 3.95. The number of rotatable bonds is 1. The van der Waals surface area contributed by atoms with Crippen LogP contribution in [-0.2, 0) is 4.74 Å². The number of phenols is 1. The van der Waals surface area contributed by atoms with E-state index in [2.05, 4.69) is 10.1 Å². The molecule has 1 atom stereocenters. The predicted molar refractivity (Wildman–Crippen MR) is 57.2 cm³/mol. The molecule has 0 aromatic heterocycles. The van der Waals surface area contributed by atoms with Crippen molar-refractivity contribution < 1.29 is 19.0 Å². The maximum Gasteiger partial charge on any atom is 0.407 e. The quantitative estimate of drug-likeness (QED) is 0.799. The zero-order valence-corrected chi connectivity index (χ0v) is 9.09. The lowest BCUT2D eigenvalue weighted by Crippen LogP contribution is -2.35. The van der Waals surface area contributed by atoms with Crippen molar-refractivity contribution >= 4 is 18.5 Å². The summed E-state index contributed by atoms with van der Waals surface area (Å²) in [6.45, 7) is 0.270. The van der Waals surface area contributed by atoms with E-state index in [0.717, 1.165) is 0 Å². The second-order valence-electron chi connectivity index (χ2n) is 3.30. The fourth-order valence-corrected chi connectivity index (χ4v) is 1.57. The number of halogens is 2. The Morgan fingerprint density at radius 3 is 2.94 bits per heavy atom. The summed E-state index contributed by atoms with van der Waals surface area (Å²) in [5.74, 6) is -1.10. The van der Waals surface area contributed by atoms with Gasteiger partial charge in [0.15, 0.2) is 11.6 Å². The van der Waals surface area contributed by atoms with Gasteiger partial charge in [0.05, 0.1) is 12.6 Å². The number of carbonyl (C=O) groups excluding carboxylic acids is 1. The van der Waals surface area contributed by atoms with Gasteiger partial charge in [-0.3, -0.25) is 0 Å². The molecule has 16 heavy (non-hydrogen) atoms. The number of amides is 1. The van der Waals surface area contributed by atoms with E-state index < -0.39 is 17.7 Å². The minimum atomic E-state index is -0.687. The molecule has 0 saturated carbocycles. The second-order valence-corrected chi connectivity index (χ2v) is 3.30. The number of aromatic hydroxyl groups is 1. The lowest BCUT2D eigenvalue weighted by Gasteiger charge is -2.24. The van der Waals surface area contributed by atoms with Crippen molar-refractivity contribution in [3.63, 3.8) is 0 Å². The number of para-hydroxylation sites is 1. The minimum Gasteiger partial charge on any atom is -0.505 e. The molecule has 1 amide bonds. The van der Waals surface area contributed by atoms with E-state index in [1.165, 1.54) is 12.1 Å². The van der Waals surface area contributed by atoms with Crippen molar-refractivity contribution in [1.82, 2.24) is 5.32 Å². The summed E-state index contributed by atoms with van der Waals surface area (Å²) < 4.78 is 17.7. The first-order valence-electron chi connectivity index (χ1n) is 4.59. The molecule has 0 aliphatic carbocycles. The van der Waals surface area contributed by atoms with Gasteiger partial charge in [0.1, 0.15) is 0 Å². The van der Waals surface area contributed by atoms with E-state index in [4.69, 9.17) is 0 Å². The van der Waals surface area contributed by atoms with Gasteiger partial charge in [-0.15, -0.1) is 12.4 Å². The Labute approximate surface area is 97.8 Å². The first kappa shape index (κ1) is 12.6. The standard InChI is InChI=1S/C10H10FNO3.ClH/c11-7-3-1-2-6(9(7)13)8-4-5-15-10(14)12-8;/h1-3,8,13H,4-5H2,(H,12,14);1H/t8-;/m0./s1. The van der Waals surface area contributed by atoms with Crippen molar-refractivity contribution in [2.24, 2.45) is 0 Å². The van der Waals surface area contributed by atoms with E-state index in [-0.39, 0.29) is 25.1 Å². The average molecular weight is 248 g/mol. The number of carbonyl (C=O) groups is 1. The molecule has 0 unspecified atom stereocenters. The number of alkyl carbamates (subject to hydrolysis) is 1. The van der Waals surface area contributed by atoms with Crippen molar-refractivity contribution in [1.29, 1.82) is 0 Å². The van der Waals surface area contributed by atoms with Crippen molar-refractivity contribution in [2.45, 2.75) is 12.5 Å². The maximum absolute atomic E-state index is 13.0. The molecule has 88 valence electrons. The summed E-state index contributed by atoms with van der Waals surface area (Å²) in [5.41, 5.74) is 0.381. The smallest absolute Gasteiger partial charge is 0.407 e. The lowest BCUT2D eigenvalue weighted by molar-refractivity contribution is 0.115. The minimum absolute atomic E-state index is 0. The molecule has 1 aliphatic heterocycles. The van der Waals surface area contributed by atoms with Crippen LogP contribution in [0.2, 0.25) is 0 Å². The highest BCUT2D eigenvalue weighted by atomic mass is 35.5. The highest BCUT2D eigenvalue weighted by Gasteiger charge is 2.24. The normalized spacial score (nSPS) is 19.3. The van der Waals surface area contributed by atoms with E-state index >= 15 is 0 Å². The molecule has 4 nitrogen and oxygen atoms in total. The first-order chi connectivity index (χ1) is 7.18. The molecule has 2 N–H and O–H groups in total. The van der Waals surface area contributed by atoms with Crippen LogP contribution in [0, 0.1) is 5.82 Å². The van der Waals surface area contributed by atoms with Crippen molar-refractivity contribution in [2.75, 3.05) is 6.61 Å². The Morgan fingerprint density at radius 1 is 1.50 bits per heavy atom. The van der Waals surface area contributed by atoms with Gasteiger partial charge in [0.25, 0.3) is 0 Å². The highest BCUT2D eigenvalue weighted by Crippen LogP contribution is 2.29. The predicted octanol–water partition coefficient (Wildman–Crippen LogP) is 2.12. The molecule has 1 aromatic rings. The van der Waals surface area contributed by atoms with Gasteiger partial charge in [-0.2, -0.15) is 0 Å². The number of nitrogens with one attached hydrogen (secondary N) is 1. The Bertz CT molecular complexity index is 400. The molecule has 1 heterocycles. The summed E-state index contributed by atoms with van der Waals surface area (Å²) in [4.78, 5) is 10.9. The van der Waals surface area contributed by atoms with E-state index in [1.807, 2.05) is 0 Å². The zero-order valence-electron chi connectivity index (χ0n) is 8.27. The number of benzene rings is 1. The maximum atomic E-state index is 13.0. The Hall–Kier alpha value is -1.49. The van der Waals surface area contributed by atoms with Crippen LogP contribution in [0.3, 0.4) is 0 Å². The van der Waals surface area contributed by atoms with Crippen LogP contribution < -0.4 is 5.32 Å². The Balaban J connectivity index is 0.00000128. The van der Waals surface area contributed by atoms with Gasteiger partial charge in [-0.1, -0.05) is 12.1 Å². The number of hydrogen-bond donors (Lipinski definition) is 2. The van der Waals surface area contributed by atoms with Crippen LogP contribution in [0.1, 0.15) is 18.0 Å². The third-order valence-corrected chi connectivity index (χ3v) is 2.33. The van der Waals surface area contributed by atoms with Crippen LogP contribution in [0.15, 0.2) is 18.2 Å². The molecule has 1 aliphatic rings. The number of ether oxygens (including phenoxy) is 1. The van der Waals surface area contributed by atoms with Crippen LogP contribution in [-0.4, -0.2) is 17.8 Å². The molecule has 0 bridgehead atoms. The first-order valence-corrected chi connectivity index (χ1v) is 4.59. The molecule has 2 rings (SSSR count). The molecule has 6 heteroatoms. The molecule has 0 spiro atoms. The molecular formula is C10H11ClFNO3. The van der Waals surface area contributed by atoms with E-state index in [0.29, 0.717) is 12.0 Å². The largest absolute Gasteiger partial charge is 0.505 e. The average Bonchev–Trinajstić information content (AvgIpc) is 2.22. The molecule has 1 saturated heterocycles. The summed E-state index contributed by atoms with van der Waals surface area (Å²) >= 11 is 0. The van der Waals surface area contributed by atoms with Crippen LogP contribution >= 0.6 is 12.4 Å². The van der Waals surface area contributed by atoms with Gasteiger partial charge in [-0.05, 0) is 6.07 Å². The van der Waals surface area contributed by atoms with Crippen LogP contribution in [0.25, 0.3) is 0 Å². The van der Waals surface area contributed by atoms with Gasteiger partial charge in [0, 0.05) is 12.0 Å². The summed E-state index contributed by atoms with van der Waals surface area (Å²) in [7, 11) is 0. The molecule has 1 aromatic carbocycles. The second kappa shape index (κ2) is 5.03. The SMILES string of the molecule is Cl.O=C1N[C@H](c2cccc(F)c2O)CCO1. The van der Waals surface area contributed by atoms with Crippen molar-refractivity contribution in [3.05, 3.63) is 29.6 Å². The summed E-state index contributed by atoms with van der Waals surface area (Å²) in [5, 5.41) is 12.0. The number of cyclic esters (lactones) is 1. The van der Waals surface area contributed by atoms with Crippen LogP contribution in [0.5, 0.6) is 5.75 Å². The molecule has 0 radical (unpaired) electrons. The number of hydrogen-bond acceptors (Lipinski definition) is 3. The topological polar surface area (TPSA) is 58.6 Å². The van der Waals surface area contributed by atoms with E-state index in [1.54, 1.807) is 6.07 Å². The van der Waals surface area contributed by atoms with Crippen molar-refractivity contribution in [3.8, 4) is 5.75 Å². The zero-order chi connectivity index (χ0) is 10.8. The van der Waals surface area contributed by atoms with Gasteiger partial charge in [0.2, 0.25) is 0 Å². The summed E-state index contributed by atoms with van der Waals surface area (Å²) in [6.07, 6.45) is -0.0298. The van der Waals surface area contributed by atoms with Gasteiger partial charge in [-0.25, -0.2) is 9.18 Å². The van der Waals surface area contributed by atoms with Gasteiger partial charge >= 0.3 is 6.09 Å². The lowest BCUT2D eigenvalue weighted by atomic mass is 10.0. The molecular weight excluding hydrogens is 237 g/mol.